The van der Waals surface area contributed by atoms with Gasteiger partial charge in [-0.1, -0.05) is 133 Å². The van der Waals surface area contributed by atoms with Crippen LogP contribution < -0.4 is 4.90 Å². The molecule has 2 aromatic heterocycles. The van der Waals surface area contributed by atoms with Crippen LogP contribution in [0.1, 0.15) is 0 Å². The molecular weight excluding hydrogens is 560 g/mol. The number of rotatable bonds is 7. The highest BCUT2D eigenvalue weighted by atomic mass is 15.3. The average molecular weight is 591 g/mol. The molecule has 0 spiro atoms. The van der Waals surface area contributed by atoms with Gasteiger partial charge in [0.25, 0.3) is 0 Å². The number of para-hydroxylation sites is 3. The molecule has 4 nitrogen and oxygen atoms in total. The van der Waals surface area contributed by atoms with Crippen LogP contribution in [0.2, 0.25) is 0 Å². The van der Waals surface area contributed by atoms with E-state index in [-0.39, 0.29) is 0 Å². The Bertz CT molecular complexity index is 2200. The third kappa shape index (κ3) is 5.02. The molecule has 0 aliphatic carbocycles. The van der Waals surface area contributed by atoms with Gasteiger partial charge >= 0.3 is 0 Å². The second-order valence-electron chi connectivity index (χ2n) is 11.1. The van der Waals surface area contributed by atoms with Crippen molar-refractivity contribution in [2.75, 3.05) is 4.90 Å². The van der Waals surface area contributed by atoms with Crippen molar-refractivity contribution in [2.24, 2.45) is 0 Å². The van der Waals surface area contributed by atoms with Crippen molar-refractivity contribution in [3.05, 3.63) is 182 Å². The first kappa shape index (κ1) is 27.3. The second kappa shape index (κ2) is 12.0. The molecule has 0 N–H and O–H groups in total. The topological polar surface area (TPSA) is 34.0 Å². The summed E-state index contributed by atoms with van der Waals surface area (Å²) in [6.45, 7) is 0. The highest BCUT2D eigenvalue weighted by Gasteiger charge is 2.25. The lowest BCUT2D eigenvalue weighted by Gasteiger charge is -2.25. The van der Waals surface area contributed by atoms with Gasteiger partial charge in [0.1, 0.15) is 5.82 Å². The lowest BCUT2D eigenvalue weighted by atomic mass is 9.98. The highest BCUT2D eigenvalue weighted by molar-refractivity contribution is 5.97. The van der Waals surface area contributed by atoms with Gasteiger partial charge < -0.3 is 0 Å². The number of hydrogen-bond acceptors (Lipinski definition) is 3. The van der Waals surface area contributed by atoms with Crippen molar-refractivity contribution < 1.29 is 0 Å². The maximum absolute atomic E-state index is 5.50. The predicted octanol–water partition coefficient (Wildman–Crippen LogP) is 10.9. The van der Waals surface area contributed by atoms with Crippen LogP contribution in [0.15, 0.2) is 182 Å². The summed E-state index contributed by atoms with van der Waals surface area (Å²) in [6.07, 6.45) is 1.83. The normalized spacial score (nSPS) is 11.0. The Morgan fingerprint density at radius 1 is 0.457 bits per heavy atom. The SMILES string of the molecule is c1ccc(-c2cccc(-c3cccc4c3nc(N(c3ccccc3)c3ccccn3)n4-c3ccccc3-c3ccccc3)c2)cc1. The van der Waals surface area contributed by atoms with Crippen LogP contribution in [0.3, 0.4) is 0 Å². The quantitative estimate of drug-likeness (QED) is 0.185. The van der Waals surface area contributed by atoms with Gasteiger partial charge in [-0.2, -0.15) is 0 Å². The van der Waals surface area contributed by atoms with Gasteiger partial charge in [0.05, 0.1) is 22.4 Å². The van der Waals surface area contributed by atoms with E-state index < -0.39 is 0 Å². The van der Waals surface area contributed by atoms with Crippen molar-refractivity contribution in [2.45, 2.75) is 0 Å². The fourth-order valence-electron chi connectivity index (χ4n) is 6.15. The van der Waals surface area contributed by atoms with E-state index in [1.54, 1.807) is 0 Å². The summed E-state index contributed by atoms with van der Waals surface area (Å²) in [5.74, 6) is 1.55. The highest BCUT2D eigenvalue weighted by Crippen LogP contribution is 2.41. The number of fused-ring (bicyclic) bond motifs is 1. The van der Waals surface area contributed by atoms with Crippen molar-refractivity contribution in [1.82, 2.24) is 14.5 Å². The summed E-state index contributed by atoms with van der Waals surface area (Å²) >= 11 is 0. The minimum atomic E-state index is 0.759. The molecule has 8 aromatic rings. The maximum atomic E-state index is 5.50. The Morgan fingerprint density at radius 3 is 1.83 bits per heavy atom. The molecule has 0 radical (unpaired) electrons. The molecule has 6 aromatic carbocycles. The molecule has 8 rings (SSSR count). The first-order chi connectivity index (χ1) is 22.8. The van der Waals surface area contributed by atoms with E-state index >= 15 is 0 Å². The molecule has 0 saturated carbocycles. The predicted molar refractivity (Wildman–Crippen MR) is 190 cm³/mol. The fourth-order valence-corrected chi connectivity index (χ4v) is 6.15. The molecule has 2 heterocycles. The van der Waals surface area contributed by atoms with Crippen molar-refractivity contribution >= 4 is 28.5 Å². The van der Waals surface area contributed by atoms with Crippen LogP contribution in [0.25, 0.3) is 50.1 Å². The lowest BCUT2D eigenvalue weighted by molar-refractivity contribution is 1.02. The number of anilines is 3. The van der Waals surface area contributed by atoms with Crippen LogP contribution in [-0.2, 0) is 0 Å². The Kier molecular flexibility index (Phi) is 7.14. The van der Waals surface area contributed by atoms with E-state index in [4.69, 9.17) is 9.97 Å². The first-order valence-electron chi connectivity index (χ1n) is 15.4. The molecule has 0 aliphatic heterocycles. The summed E-state index contributed by atoms with van der Waals surface area (Å²) in [5.41, 5.74) is 10.7. The zero-order valence-electron chi connectivity index (χ0n) is 25.1. The Morgan fingerprint density at radius 2 is 1.07 bits per heavy atom. The minimum Gasteiger partial charge on any atom is -0.277 e. The second-order valence-corrected chi connectivity index (χ2v) is 11.1. The van der Waals surface area contributed by atoms with Gasteiger partial charge in [-0.05, 0) is 64.7 Å². The molecule has 0 saturated heterocycles. The van der Waals surface area contributed by atoms with Gasteiger partial charge in [-0.3, -0.25) is 9.47 Å². The van der Waals surface area contributed by atoms with E-state index in [0.717, 1.165) is 56.4 Å². The molecule has 46 heavy (non-hydrogen) atoms. The number of hydrogen-bond donors (Lipinski definition) is 0. The van der Waals surface area contributed by atoms with Crippen LogP contribution in [0.4, 0.5) is 17.5 Å². The molecule has 0 aliphatic rings. The molecule has 0 amide bonds. The van der Waals surface area contributed by atoms with Gasteiger partial charge in [-0.25, -0.2) is 9.97 Å². The summed E-state index contributed by atoms with van der Waals surface area (Å²) in [4.78, 5) is 12.5. The number of benzene rings is 6. The van der Waals surface area contributed by atoms with E-state index in [1.165, 1.54) is 11.1 Å². The lowest BCUT2D eigenvalue weighted by Crippen LogP contribution is -2.16. The smallest absolute Gasteiger partial charge is 0.221 e. The van der Waals surface area contributed by atoms with Crippen LogP contribution >= 0.6 is 0 Å². The zero-order valence-corrected chi connectivity index (χ0v) is 25.1. The number of imidazole rings is 1. The van der Waals surface area contributed by atoms with Gasteiger partial charge in [0.15, 0.2) is 0 Å². The first-order valence-corrected chi connectivity index (χ1v) is 15.4. The van der Waals surface area contributed by atoms with Crippen LogP contribution in [0, 0.1) is 0 Å². The molecule has 0 fully saturated rings. The molecule has 4 heteroatoms. The fraction of sp³-hybridized carbons (Fsp3) is 0. The Balaban J connectivity index is 1.43. The monoisotopic (exact) mass is 590 g/mol. The van der Waals surface area contributed by atoms with E-state index in [9.17, 15) is 0 Å². The van der Waals surface area contributed by atoms with Crippen molar-refractivity contribution in [3.63, 3.8) is 0 Å². The largest absolute Gasteiger partial charge is 0.277 e. The minimum absolute atomic E-state index is 0.759. The zero-order chi connectivity index (χ0) is 30.7. The summed E-state index contributed by atoms with van der Waals surface area (Å²) in [5, 5.41) is 0. The van der Waals surface area contributed by atoms with E-state index in [2.05, 4.69) is 161 Å². The Labute approximate surface area is 268 Å². The Hall–Kier alpha value is -6.26. The standard InChI is InChI=1S/C42H30N4/c1-4-16-31(17-5-1)33-20-14-21-34(30-33)37-25-15-27-39-41(37)44-42(45(35-22-8-3-9-23-35)40-28-12-13-29-43-40)46(39)38-26-11-10-24-36(38)32-18-6-2-7-19-32/h1-30H. The average Bonchev–Trinajstić information content (AvgIpc) is 3.52. The molecule has 0 bridgehead atoms. The third-order valence-corrected chi connectivity index (χ3v) is 8.27. The van der Waals surface area contributed by atoms with Crippen LogP contribution in [0.5, 0.6) is 0 Å². The summed E-state index contributed by atoms with van der Waals surface area (Å²) in [6, 6.07) is 61.1. The maximum Gasteiger partial charge on any atom is 0.221 e. The number of nitrogens with zero attached hydrogens (tertiary/aromatic N) is 4. The van der Waals surface area contributed by atoms with Crippen LogP contribution in [-0.4, -0.2) is 14.5 Å². The van der Waals surface area contributed by atoms with Gasteiger partial charge in [-0.15, -0.1) is 0 Å². The molecular formula is C42H30N4. The third-order valence-electron chi connectivity index (χ3n) is 8.27. The van der Waals surface area contributed by atoms with E-state index in [0.29, 0.717) is 0 Å². The molecule has 218 valence electrons. The molecule has 0 atom stereocenters. The van der Waals surface area contributed by atoms with Gasteiger partial charge in [0.2, 0.25) is 5.95 Å². The summed E-state index contributed by atoms with van der Waals surface area (Å²) < 4.78 is 2.28. The summed E-state index contributed by atoms with van der Waals surface area (Å²) in [7, 11) is 0. The van der Waals surface area contributed by atoms with Crippen molar-refractivity contribution in [1.29, 1.82) is 0 Å². The molecule has 0 unspecified atom stereocenters. The van der Waals surface area contributed by atoms with Gasteiger partial charge in [0, 0.05) is 17.3 Å². The number of pyridine rings is 1. The number of aromatic nitrogens is 3. The van der Waals surface area contributed by atoms with Crippen molar-refractivity contribution in [3.8, 4) is 39.1 Å². The van der Waals surface area contributed by atoms with E-state index in [1.807, 2.05) is 30.5 Å².